The molecule has 0 bridgehead atoms. The van der Waals surface area contributed by atoms with E-state index in [9.17, 15) is 14.7 Å². The number of nitrogens with zero attached hydrogens (tertiary/aromatic N) is 2. The largest absolute Gasteiger partial charge is 0.480 e. The van der Waals surface area contributed by atoms with Crippen LogP contribution >= 0.6 is 24.0 Å². The molecule has 1 aliphatic rings. The van der Waals surface area contributed by atoms with Crippen LogP contribution in [0, 0.1) is 0 Å². The van der Waals surface area contributed by atoms with Crippen LogP contribution < -0.4 is 0 Å². The number of amides is 1. The molecular weight excluding hydrogens is 367 g/mol. The normalized spacial score (nSPS) is 16.7. The fourth-order valence-electron chi connectivity index (χ4n) is 2.67. The van der Waals surface area contributed by atoms with E-state index in [1.54, 1.807) is 29.2 Å². The molecule has 1 aromatic rings. The van der Waals surface area contributed by atoms with Crippen molar-refractivity contribution in [3.63, 3.8) is 0 Å². The summed E-state index contributed by atoms with van der Waals surface area (Å²) in [5.74, 6) is -0.950. The number of carbonyl (C=O) groups excluding carboxylic acids is 1. The second kappa shape index (κ2) is 8.74. The lowest BCUT2D eigenvalue weighted by atomic mass is 10.0. The summed E-state index contributed by atoms with van der Waals surface area (Å²) >= 11 is 6.16. The van der Waals surface area contributed by atoms with E-state index in [2.05, 4.69) is 0 Å². The van der Waals surface area contributed by atoms with E-state index in [-0.39, 0.29) is 18.5 Å². The van der Waals surface area contributed by atoms with Crippen molar-refractivity contribution in [1.29, 1.82) is 0 Å². The molecule has 1 N–H and O–H groups in total. The Balaban J connectivity index is 0.00000312. The first kappa shape index (κ1) is 21.5. The maximum absolute atomic E-state index is 12.1. The molecule has 0 spiro atoms. The van der Waals surface area contributed by atoms with E-state index in [1.807, 2.05) is 25.7 Å². The number of rotatable bonds is 3. The molecule has 0 saturated carbocycles. The summed E-state index contributed by atoms with van der Waals surface area (Å²) in [4.78, 5) is 27.3. The highest BCUT2D eigenvalue weighted by molar-refractivity contribution is 6.31. The summed E-state index contributed by atoms with van der Waals surface area (Å²) in [7, 11) is 0. The Morgan fingerprint density at radius 3 is 2.20 bits per heavy atom. The van der Waals surface area contributed by atoms with Gasteiger partial charge in [0.1, 0.15) is 11.6 Å². The van der Waals surface area contributed by atoms with E-state index in [4.69, 9.17) is 16.3 Å². The van der Waals surface area contributed by atoms with Crippen molar-refractivity contribution < 1.29 is 19.4 Å². The van der Waals surface area contributed by atoms with Crippen molar-refractivity contribution in [2.75, 3.05) is 26.2 Å². The molecule has 25 heavy (non-hydrogen) atoms. The number of benzene rings is 1. The molecular formula is C17H24Cl2N2O4. The molecule has 1 aromatic carbocycles. The topological polar surface area (TPSA) is 70.1 Å². The fourth-order valence-corrected chi connectivity index (χ4v) is 2.91. The molecule has 1 aliphatic heterocycles. The van der Waals surface area contributed by atoms with Crippen LogP contribution in [0.4, 0.5) is 4.79 Å². The summed E-state index contributed by atoms with van der Waals surface area (Å²) in [5, 5.41) is 10.1. The fraction of sp³-hybridized carbons (Fsp3) is 0.529. The van der Waals surface area contributed by atoms with Gasteiger partial charge in [-0.25, -0.2) is 4.79 Å². The summed E-state index contributed by atoms with van der Waals surface area (Å²) < 4.78 is 5.36. The van der Waals surface area contributed by atoms with Gasteiger partial charge in [0, 0.05) is 31.2 Å². The van der Waals surface area contributed by atoms with E-state index < -0.39 is 17.6 Å². The van der Waals surface area contributed by atoms with Crippen LogP contribution in [-0.2, 0) is 9.53 Å². The minimum absolute atomic E-state index is 0. The highest BCUT2D eigenvalue weighted by Gasteiger charge is 2.33. The Labute approximate surface area is 159 Å². The van der Waals surface area contributed by atoms with E-state index in [0.717, 1.165) is 0 Å². The molecule has 1 saturated heterocycles. The Bertz CT molecular complexity index is 611. The van der Waals surface area contributed by atoms with Crippen LogP contribution in [0.15, 0.2) is 24.3 Å². The Morgan fingerprint density at radius 1 is 1.16 bits per heavy atom. The number of hydrogen-bond acceptors (Lipinski definition) is 4. The molecule has 1 heterocycles. The number of carbonyl (C=O) groups is 2. The molecule has 140 valence electrons. The van der Waals surface area contributed by atoms with Gasteiger partial charge in [0.25, 0.3) is 0 Å². The van der Waals surface area contributed by atoms with Gasteiger partial charge in [-0.15, -0.1) is 12.4 Å². The van der Waals surface area contributed by atoms with Crippen molar-refractivity contribution >= 4 is 36.1 Å². The molecule has 6 nitrogen and oxygen atoms in total. The average molecular weight is 391 g/mol. The van der Waals surface area contributed by atoms with Gasteiger partial charge in [0.05, 0.1) is 0 Å². The summed E-state index contributed by atoms with van der Waals surface area (Å²) in [6.45, 7) is 7.19. The second-order valence-electron chi connectivity index (χ2n) is 6.77. The molecule has 8 heteroatoms. The zero-order valence-corrected chi connectivity index (χ0v) is 16.1. The highest BCUT2D eigenvalue weighted by Crippen LogP contribution is 2.28. The maximum atomic E-state index is 12.1. The summed E-state index contributed by atoms with van der Waals surface area (Å²) in [6, 6.07) is 6.13. The van der Waals surface area contributed by atoms with Crippen LogP contribution in [0.3, 0.4) is 0 Å². The lowest BCUT2D eigenvalue weighted by molar-refractivity contribution is -0.144. The number of ether oxygens (including phenoxy) is 1. The number of aliphatic carboxylic acids is 1. The minimum Gasteiger partial charge on any atom is -0.480 e. The molecule has 1 fully saturated rings. The lowest BCUT2D eigenvalue weighted by Crippen LogP contribution is -2.52. The van der Waals surface area contributed by atoms with Crippen molar-refractivity contribution in [3.05, 3.63) is 34.9 Å². The molecule has 1 amide bonds. The van der Waals surface area contributed by atoms with E-state index >= 15 is 0 Å². The molecule has 1 unspecified atom stereocenters. The predicted octanol–water partition coefficient (Wildman–Crippen LogP) is 3.44. The van der Waals surface area contributed by atoms with E-state index in [0.29, 0.717) is 36.8 Å². The number of halogens is 2. The molecule has 0 aromatic heterocycles. The van der Waals surface area contributed by atoms with Gasteiger partial charge >= 0.3 is 12.1 Å². The monoisotopic (exact) mass is 390 g/mol. The number of carboxylic acid groups (broad SMARTS) is 1. The Morgan fingerprint density at radius 2 is 1.72 bits per heavy atom. The molecule has 1 atom stereocenters. The van der Waals surface area contributed by atoms with Gasteiger partial charge in [-0.3, -0.25) is 9.69 Å². The van der Waals surface area contributed by atoms with Gasteiger partial charge in [-0.2, -0.15) is 0 Å². The zero-order valence-electron chi connectivity index (χ0n) is 14.6. The average Bonchev–Trinajstić information content (AvgIpc) is 2.48. The predicted molar refractivity (Wildman–Crippen MR) is 98.5 cm³/mol. The van der Waals surface area contributed by atoms with Crippen LogP contribution in [0.2, 0.25) is 5.02 Å². The quantitative estimate of drug-likeness (QED) is 0.855. The van der Waals surface area contributed by atoms with E-state index in [1.165, 1.54) is 0 Å². The van der Waals surface area contributed by atoms with Crippen molar-refractivity contribution in [1.82, 2.24) is 9.80 Å². The van der Waals surface area contributed by atoms with Crippen LogP contribution in [0.1, 0.15) is 32.4 Å². The van der Waals surface area contributed by atoms with Crippen molar-refractivity contribution in [2.24, 2.45) is 0 Å². The first-order chi connectivity index (χ1) is 11.2. The third kappa shape index (κ3) is 5.76. The third-order valence-corrected chi connectivity index (χ3v) is 4.11. The van der Waals surface area contributed by atoms with Crippen LogP contribution in [0.25, 0.3) is 0 Å². The summed E-state index contributed by atoms with van der Waals surface area (Å²) in [5.41, 5.74) is 0.0208. The van der Waals surface area contributed by atoms with Crippen LogP contribution in [0.5, 0.6) is 0 Å². The minimum atomic E-state index is -0.950. The summed E-state index contributed by atoms with van der Waals surface area (Å²) in [6.07, 6.45) is -0.369. The number of carboxylic acids is 1. The van der Waals surface area contributed by atoms with Crippen LogP contribution in [-0.4, -0.2) is 58.7 Å². The van der Waals surface area contributed by atoms with Gasteiger partial charge < -0.3 is 14.7 Å². The van der Waals surface area contributed by atoms with Crippen molar-refractivity contribution in [3.8, 4) is 0 Å². The standard InChI is InChI=1S/C17H23ClN2O4.ClH/c1-17(2,3)24-16(23)20-10-8-19(9-11-20)14(15(21)22)12-6-4-5-7-13(12)18;/h4-7,14H,8-11H2,1-3H3,(H,21,22);1H. The molecule has 2 rings (SSSR count). The van der Waals surface area contributed by atoms with Gasteiger partial charge in [-0.05, 0) is 32.4 Å². The second-order valence-corrected chi connectivity index (χ2v) is 7.17. The third-order valence-electron chi connectivity index (χ3n) is 3.76. The number of piperazine rings is 1. The van der Waals surface area contributed by atoms with Gasteiger partial charge in [0.2, 0.25) is 0 Å². The lowest BCUT2D eigenvalue weighted by Gasteiger charge is -2.38. The zero-order chi connectivity index (χ0) is 17.9. The Hall–Kier alpha value is -1.50. The maximum Gasteiger partial charge on any atom is 0.410 e. The molecule has 0 aliphatic carbocycles. The number of hydrogen-bond donors (Lipinski definition) is 1. The first-order valence-corrected chi connectivity index (χ1v) is 8.26. The van der Waals surface area contributed by atoms with Gasteiger partial charge in [-0.1, -0.05) is 29.8 Å². The van der Waals surface area contributed by atoms with Crippen molar-refractivity contribution in [2.45, 2.75) is 32.4 Å². The van der Waals surface area contributed by atoms with Gasteiger partial charge in [0.15, 0.2) is 0 Å². The SMILES string of the molecule is CC(C)(C)OC(=O)N1CCN(C(C(=O)O)c2ccccc2Cl)CC1.Cl. The highest BCUT2D eigenvalue weighted by atomic mass is 35.5. The Kier molecular flexibility index (Phi) is 7.53. The first-order valence-electron chi connectivity index (χ1n) is 7.88. The smallest absolute Gasteiger partial charge is 0.410 e. The molecule has 0 radical (unpaired) electrons.